The molecule has 1 aromatic heterocycles. The molecule has 1 aromatic carbocycles. The Morgan fingerprint density at radius 2 is 2.06 bits per heavy atom. The zero-order valence-electron chi connectivity index (χ0n) is 8.11. The fraction of sp³-hybridized carbons (Fsp3) is 0.100. The lowest BCUT2D eigenvalue weighted by molar-refractivity contribution is 0.417. The Labute approximate surface area is 113 Å². The zero-order valence-corrected chi connectivity index (χ0v) is 12.0. The largest absolute Gasteiger partial charge is 0.495 e. The van der Waals surface area contributed by atoms with E-state index in [9.17, 15) is 4.79 Å². The summed E-state index contributed by atoms with van der Waals surface area (Å²) in [6.07, 6.45) is 1.46. The van der Waals surface area contributed by atoms with E-state index in [4.69, 9.17) is 16.3 Å². The molecule has 1 heterocycles. The molecule has 3 nitrogen and oxygen atoms in total. The minimum Gasteiger partial charge on any atom is -0.495 e. The van der Waals surface area contributed by atoms with Crippen molar-refractivity contribution in [2.45, 2.75) is 0 Å². The molecule has 0 aliphatic heterocycles. The summed E-state index contributed by atoms with van der Waals surface area (Å²) in [5.74, 6) is 0.474. The Morgan fingerprint density at radius 1 is 1.38 bits per heavy atom. The Bertz CT molecular complexity index is 624. The number of rotatable bonds is 1. The van der Waals surface area contributed by atoms with Gasteiger partial charge in [0.25, 0.3) is 0 Å². The number of hydrogen-bond donors (Lipinski definition) is 1. The number of aromatic nitrogens is 1. The van der Waals surface area contributed by atoms with E-state index in [-0.39, 0.29) is 10.5 Å². The highest BCUT2D eigenvalue weighted by molar-refractivity contribution is 9.11. The van der Waals surface area contributed by atoms with Crippen molar-refractivity contribution in [1.29, 1.82) is 0 Å². The van der Waals surface area contributed by atoms with Crippen LogP contribution in [0.3, 0.4) is 0 Å². The van der Waals surface area contributed by atoms with E-state index in [2.05, 4.69) is 36.8 Å². The Hall–Kier alpha value is -0.520. The molecule has 0 saturated carbocycles. The average Bonchev–Trinajstić information content (AvgIpc) is 2.24. The van der Waals surface area contributed by atoms with Crippen LogP contribution < -0.4 is 10.2 Å². The van der Waals surface area contributed by atoms with Crippen molar-refractivity contribution < 1.29 is 4.74 Å². The lowest BCUT2D eigenvalue weighted by Crippen LogP contribution is -2.06. The molecule has 0 spiro atoms. The van der Waals surface area contributed by atoms with Gasteiger partial charge in [-0.1, -0.05) is 11.6 Å². The molecule has 2 aromatic rings. The summed E-state index contributed by atoms with van der Waals surface area (Å²) in [4.78, 5) is 14.9. The molecule has 6 heteroatoms. The van der Waals surface area contributed by atoms with Gasteiger partial charge in [0, 0.05) is 10.7 Å². The number of H-pyrrole nitrogens is 1. The molecule has 2 rings (SSSR count). The molecule has 84 valence electrons. The lowest BCUT2D eigenvalue weighted by Gasteiger charge is -2.09. The molecule has 0 aliphatic rings. The van der Waals surface area contributed by atoms with Crippen molar-refractivity contribution in [3.63, 3.8) is 0 Å². The van der Waals surface area contributed by atoms with Crippen LogP contribution in [0.2, 0.25) is 5.02 Å². The van der Waals surface area contributed by atoms with Crippen molar-refractivity contribution in [1.82, 2.24) is 4.98 Å². The van der Waals surface area contributed by atoms with Crippen LogP contribution in [0, 0.1) is 0 Å². The van der Waals surface area contributed by atoms with Crippen LogP contribution in [0.4, 0.5) is 0 Å². The molecule has 0 bridgehead atoms. The zero-order chi connectivity index (χ0) is 11.9. The Morgan fingerprint density at radius 3 is 2.69 bits per heavy atom. The predicted molar refractivity (Wildman–Crippen MR) is 71.5 cm³/mol. The molecule has 0 fully saturated rings. The Kier molecular flexibility index (Phi) is 3.28. The van der Waals surface area contributed by atoms with Gasteiger partial charge in [0.05, 0.1) is 22.5 Å². The van der Waals surface area contributed by atoms with Crippen molar-refractivity contribution in [3.8, 4) is 5.75 Å². The van der Waals surface area contributed by atoms with Crippen molar-refractivity contribution in [2.24, 2.45) is 0 Å². The van der Waals surface area contributed by atoms with Crippen LogP contribution in [-0.4, -0.2) is 12.1 Å². The third-order valence-corrected chi connectivity index (χ3v) is 3.67. The number of methoxy groups -OCH3 is 1. The number of pyridine rings is 1. The van der Waals surface area contributed by atoms with Gasteiger partial charge in [-0.15, -0.1) is 0 Å². The van der Waals surface area contributed by atoms with E-state index in [1.54, 1.807) is 0 Å². The topological polar surface area (TPSA) is 42.1 Å². The highest BCUT2D eigenvalue weighted by atomic mass is 79.9. The van der Waals surface area contributed by atoms with Crippen molar-refractivity contribution >= 4 is 54.4 Å². The third-order valence-electron chi connectivity index (χ3n) is 2.18. The van der Waals surface area contributed by atoms with E-state index >= 15 is 0 Å². The van der Waals surface area contributed by atoms with Gasteiger partial charge in [-0.05, 0) is 37.9 Å². The molecule has 0 aliphatic carbocycles. The molecule has 0 amide bonds. The minimum atomic E-state index is -0.255. The maximum absolute atomic E-state index is 11.9. The van der Waals surface area contributed by atoms with Gasteiger partial charge in [-0.25, -0.2) is 0 Å². The van der Waals surface area contributed by atoms with Crippen LogP contribution in [0.1, 0.15) is 0 Å². The van der Waals surface area contributed by atoms with Gasteiger partial charge in [-0.3, -0.25) is 4.79 Å². The number of halogens is 3. The molecule has 16 heavy (non-hydrogen) atoms. The monoisotopic (exact) mass is 365 g/mol. The first-order chi connectivity index (χ1) is 7.56. The summed E-state index contributed by atoms with van der Waals surface area (Å²) < 4.78 is 6.67. The summed E-state index contributed by atoms with van der Waals surface area (Å²) in [5, 5.41) is 0.562. The summed E-state index contributed by atoms with van der Waals surface area (Å²) >= 11 is 12.5. The SMILES string of the molecule is COc1c(Br)cc(Br)c2[nH]cc(Cl)c(=O)c12. The van der Waals surface area contributed by atoms with E-state index in [1.165, 1.54) is 13.3 Å². The maximum Gasteiger partial charge on any atom is 0.211 e. The second-order valence-corrected chi connectivity index (χ2v) is 5.21. The second-order valence-electron chi connectivity index (χ2n) is 3.09. The fourth-order valence-electron chi connectivity index (χ4n) is 1.48. The van der Waals surface area contributed by atoms with Gasteiger partial charge < -0.3 is 9.72 Å². The standard InChI is InChI=1S/C10H6Br2ClNO2/c1-16-10-5(12)2-4(11)8-7(10)9(15)6(13)3-14-8/h2-3H,1H3,(H,14,15). The van der Waals surface area contributed by atoms with Gasteiger partial charge in [-0.2, -0.15) is 0 Å². The van der Waals surface area contributed by atoms with Crippen LogP contribution in [-0.2, 0) is 0 Å². The highest BCUT2D eigenvalue weighted by Gasteiger charge is 2.14. The first kappa shape index (κ1) is 12.0. The van der Waals surface area contributed by atoms with Gasteiger partial charge >= 0.3 is 0 Å². The van der Waals surface area contributed by atoms with Crippen LogP contribution in [0.25, 0.3) is 10.9 Å². The highest BCUT2D eigenvalue weighted by Crippen LogP contribution is 2.36. The first-order valence-corrected chi connectivity index (χ1v) is 6.25. The molecular formula is C10H6Br2ClNO2. The fourth-order valence-corrected chi connectivity index (χ4v) is 3.07. The van der Waals surface area contributed by atoms with E-state index < -0.39 is 0 Å². The predicted octanol–water partition coefficient (Wildman–Crippen LogP) is 3.72. The number of ether oxygens (including phenoxy) is 1. The number of fused-ring (bicyclic) bond motifs is 1. The molecule has 0 radical (unpaired) electrons. The average molecular weight is 367 g/mol. The number of aromatic amines is 1. The lowest BCUT2D eigenvalue weighted by atomic mass is 10.2. The minimum absolute atomic E-state index is 0.135. The van der Waals surface area contributed by atoms with Gasteiger partial charge in [0.2, 0.25) is 5.43 Å². The smallest absolute Gasteiger partial charge is 0.211 e. The van der Waals surface area contributed by atoms with Crippen molar-refractivity contribution in [3.05, 3.63) is 36.5 Å². The van der Waals surface area contributed by atoms with E-state index in [1.807, 2.05) is 6.07 Å². The summed E-state index contributed by atoms with van der Waals surface area (Å²) in [6, 6.07) is 1.81. The summed E-state index contributed by atoms with van der Waals surface area (Å²) in [5.41, 5.74) is 0.406. The first-order valence-electron chi connectivity index (χ1n) is 4.29. The van der Waals surface area contributed by atoms with Crippen LogP contribution in [0.5, 0.6) is 5.75 Å². The third kappa shape index (κ3) is 1.77. The van der Waals surface area contributed by atoms with Crippen LogP contribution in [0.15, 0.2) is 26.0 Å². The van der Waals surface area contributed by atoms with E-state index in [0.29, 0.717) is 21.1 Å². The maximum atomic E-state index is 11.9. The van der Waals surface area contributed by atoms with Gasteiger partial charge in [0.1, 0.15) is 10.8 Å². The van der Waals surface area contributed by atoms with E-state index in [0.717, 1.165) is 4.47 Å². The van der Waals surface area contributed by atoms with Gasteiger partial charge in [0.15, 0.2) is 0 Å². The molecule has 0 saturated heterocycles. The van der Waals surface area contributed by atoms with Crippen LogP contribution >= 0.6 is 43.5 Å². The number of benzene rings is 1. The Balaban J connectivity index is 3.08. The summed E-state index contributed by atoms with van der Waals surface area (Å²) in [6.45, 7) is 0. The van der Waals surface area contributed by atoms with Crippen molar-refractivity contribution in [2.75, 3.05) is 7.11 Å². The normalized spacial score (nSPS) is 10.8. The number of nitrogens with one attached hydrogen (secondary N) is 1. The quantitative estimate of drug-likeness (QED) is 0.835. The molecule has 0 atom stereocenters. The molecule has 1 N–H and O–H groups in total. The number of hydrogen-bond acceptors (Lipinski definition) is 2. The molecular weight excluding hydrogens is 361 g/mol. The summed E-state index contributed by atoms with van der Waals surface area (Å²) in [7, 11) is 1.51. The second kappa shape index (κ2) is 4.39. The molecule has 0 unspecified atom stereocenters.